The van der Waals surface area contributed by atoms with Crippen LogP contribution in [0.25, 0.3) is 5.73 Å². The molecule has 0 aromatic heterocycles. The predicted molar refractivity (Wildman–Crippen MR) is 90.5 cm³/mol. The molecule has 5 nitrogen and oxygen atoms in total. The first-order valence-electron chi connectivity index (χ1n) is 7.11. The molecule has 1 atom stereocenters. The van der Waals surface area contributed by atoms with Crippen LogP contribution in [-0.4, -0.2) is 80.7 Å². The number of allylic oxidation sites excluding steroid dienone is 1. The molecule has 0 bridgehead atoms. The van der Waals surface area contributed by atoms with E-state index in [2.05, 4.69) is 4.90 Å². The third-order valence-corrected chi connectivity index (χ3v) is 2.91. The van der Waals surface area contributed by atoms with Gasteiger partial charge in [0.25, 0.3) is 0 Å². The number of hydrogen-bond donors (Lipinski definition) is 1. The molecule has 0 aromatic rings. The second-order valence-corrected chi connectivity index (χ2v) is 6.75. The van der Waals surface area contributed by atoms with Gasteiger partial charge in [0.15, 0.2) is 0 Å². The number of quaternary nitrogens is 1. The molecular formula is C15H32ClN3O2. The molecule has 21 heavy (non-hydrogen) atoms. The molecule has 0 rings (SSSR count). The fourth-order valence-corrected chi connectivity index (χ4v) is 1.60. The van der Waals surface area contributed by atoms with Crippen LogP contribution in [0.4, 0.5) is 0 Å². The number of carbonyl (C=O) groups excluding carboxylic acids is 1. The van der Waals surface area contributed by atoms with Gasteiger partial charge in [-0.05, 0) is 46.0 Å². The lowest BCUT2D eigenvalue weighted by molar-refractivity contribution is -0.873. The van der Waals surface area contributed by atoms with Gasteiger partial charge in [0, 0.05) is 0 Å². The van der Waals surface area contributed by atoms with E-state index in [1.807, 2.05) is 41.3 Å². The topological polar surface area (TPSA) is 64.3 Å². The SMILES string of the molecule is CC(=CCCCN(C)C)C([NH-])=O.C[N+](C)(C)CC(O)CCl. The van der Waals surface area contributed by atoms with Crippen molar-refractivity contribution >= 4 is 17.5 Å². The number of aliphatic hydroxyl groups is 1. The smallest absolute Gasteiger partial charge is 0.116 e. The number of nitrogens with zero attached hydrogens (tertiary/aromatic N) is 2. The largest absolute Gasteiger partial charge is 0.664 e. The van der Waals surface area contributed by atoms with Gasteiger partial charge in [0.05, 0.1) is 32.9 Å². The van der Waals surface area contributed by atoms with Crippen molar-refractivity contribution in [3.8, 4) is 0 Å². The van der Waals surface area contributed by atoms with Crippen LogP contribution in [0.5, 0.6) is 0 Å². The summed E-state index contributed by atoms with van der Waals surface area (Å²) in [5, 5.41) is 9.05. The molecule has 0 aliphatic rings. The predicted octanol–water partition coefficient (Wildman–Crippen LogP) is 2.15. The van der Waals surface area contributed by atoms with E-state index in [1.165, 1.54) is 0 Å². The highest BCUT2D eigenvalue weighted by molar-refractivity contribution is 6.18. The van der Waals surface area contributed by atoms with Gasteiger partial charge in [0.2, 0.25) is 0 Å². The number of unbranched alkanes of at least 4 members (excludes halogenated alkanes) is 1. The molecule has 0 aromatic carbocycles. The molecule has 2 N–H and O–H groups in total. The van der Waals surface area contributed by atoms with Crippen LogP contribution in [0, 0.1) is 0 Å². The molecule has 0 aliphatic carbocycles. The number of rotatable bonds is 8. The molecule has 0 saturated carbocycles. The normalized spacial score (nSPS) is 13.7. The van der Waals surface area contributed by atoms with Gasteiger partial charge in [-0.2, -0.15) is 0 Å². The third-order valence-electron chi connectivity index (χ3n) is 2.55. The summed E-state index contributed by atoms with van der Waals surface area (Å²) in [4.78, 5) is 12.6. The number of amides is 1. The van der Waals surface area contributed by atoms with Crippen LogP contribution in [0.2, 0.25) is 0 Å². The minimum Gasteiger partial charge on any atom is -0.664 e. The van der Waals surface area contributed by atoms with Crippen LogP contribution in [-0.2, 0) is 4.79 Å². The molecule has 126 valence electrons. The van der Waals surface area contributed by atoms with Gasteiger partial charge in [-0.25, -0.2) is 0 Å². The summed E-state index contributed by atoms with van der Waals surface area (Å²) < 4.78 is 0.758. The minimum absolute atomic E-state index is 0.329. The Labute approximate surface area is 134 Å². The van der Waals surface area contributed by atoms with Crippen LogP contribution < -0.4 is 0 Å². The second kappa shape index (κ2) is 12.0. The highest BCUT2D eigenvalue weighted by atomic mass is 35.5. The van der Waals surface area contributed by atoms with Gasteiger partial charge in [-0.15, -0.1) is 11.6 Å². The Balaban J connectivity index is 0. The number of likely N-dealkylation sites (N-methyl/N-ethyl adjacent to an activating group) is 1. The number of halogens is 1. The first-order chi connectivity index (χ1) is 9.49. The molecule has 0 heterocycles. The maximum Gasteiger partial charge on any atom is 0.116 e. The number of hydrogen-bond acceptors (Lipinski definition) is 3. The Morgan fingerprint density at radius 3 is 2.19 bits per heavy atom. The maximum atomic E-state index is 10.5. The Hall–Kier alpha value is -0.620. The van der Waals surface area contributed by atoms with E-state index in [0.29, 0.717) is 18.0 Å². The van der Waals surface area contributed by atoms with E-state index >= 15 is 0 Å². The van der Waals surface area contributed by atoms with E-state index in [-0.39, 0.29) is 6.10 Å². The van der Waals surface area contributed by atoms with E-state index in [9.17, 15) is 4.79 Å². The molecule has 6 heteroatoms. The monoisotopic (exact) mass is 321 g/mol. The van der Waals surface area contributed by atoms with Crippen molar-refractivity contribution < 1.29 is 14.4 Å². The Bertz CT molecular complexity index is 313. The van der Waals surface area contributed by atoms with Crippen LogP contribution in [0.15, 0.2) is 11.6 Å². The van der Waals surface area contributed by atoms with E-state index in [1.54, 1.807) is 6.92 Å². The van der Waals surface area contributed by atoms with Crippen molar-refractivity contribution in [1.29, 1.82) is 0 Å². The van der Waals surface area contributed by atoms with Crippen molar-refractivity contribution in [2.75, 3.05) is 54.2 Å². The molecule has 1 unspecified atom stereocenters. The summed E-state index contributed by atoms with van der Waals surface area (Å²) in [7, 11) is 10.1. The van der Waals surface area contributed by atoms with E-state index in [0.717, 1.165) is 23.9 Å². The van der Waals surface area contributed by atoms with Gasteiger partial charge in [-0.1, -0.05) is 6.08 Å². The lowest BCUT2D eigenvalue weighted by atomic mass is 10.2. The van der Waals surface area contributed by atoms with Gasteiger partial charge in [0.1, 0.15) is 12.6 Å². The maximum absolute atomic E-state index is 10.5. The van der Waals surface area contributed by atoms with Crippen molar-refractivity contribution in [3.63, 3.8) is 0 Å². The van der Waals surface area contributed by atoms with Gasteiger partial charge in [-0.3, -0.25) is 0 Å². The molecule has 0 aliphatic heterocycles. The van der Waals surface area contributed by atoms with Crippen molar-refractivity contribution in [2.45, 2.75) is 25.9 Å². The highest BCUT2D eigenvalue weighted by Crippen LogP contribution is 2.00. The van der Waals surface area contributed by atoms with Gasteiger partial charge < -0.3 is 25.0 Å². The molecular weight excluding hydrogens is 290 g/mol. The molecule has 1 amide bonds. The summed E-state index contributed by atoms with van der Waals surface area (Å²) in [5.74, 6) is -0.241. The molecule has 0 radical (unpaired) electrons. The van der Waals surface area contributed by atoms with Crippen LogP contribution in [0.1, 0.15) is 19.8 Å². The summed E-state index contributed by atoms with van der Waals surface area (Å²) in [6, 6.07) is 0. The summed E-state index contributed by atoms with van der Waals surface area (Å²) >= 11 is 5.40. The fourth-order valence-electron chi connectivity index (χ4n) is 1.50. The van der Waals surface area contributed by atoms with Crippen LogP contribution in [0.3, 0.4) is 0 Å². The van der Waals surface area contributed by atoms with Gasteiger partial charge >= 0.3 is 0 Å². The van der Waals surface area contributed by atoms with Crippen molar-refractivity contribution in [3.05, 3.63) is 17.4 Å². The summed E-state index contributed by atoms with van der Waals surface area (Å²) in [5.41, 5.74) is 7.34. The number of aliphatic hydroxyl groups excluding tert-OH is 1. The first kappa shape index (κ1) is 22.7. The zero-order chi connectivity index (χ0) is 17.1. The molecule has 0 spiro atoms. The number of alkyl halides is 1. The lowest BCUT2D eigenvalue weighted by Crippen LogP contribution is -2.41. The van der Waals surface area contributed by atoms with Crippen molar-refractivity contribution in [2.24, 2.45) is 0 Å². The number of carbonyl (C=O) groups is 1. The average Bonchev–Trinajstić information content (AvgIpc) is 2.32. The summed E-state index contributed by atoms with van der Waals surface area (Å²) in [6.45, 7) is 3.42. The zero-order valence-electron chi connectivity index (χ0n) is 14.3. The average molecular weight is 322 g/mol. The van der Waals surface area contributed by atoms with E-state index in [4.69, 9.17) is 22.4 Å². The Kier molecular flexibility index (Phi) is 12.9. The summed E-state index contributed by atoms with van der Waals surface area (Å²) in [6.07, 6.45) is 3.39. The zero-order valence-corrected chi connectivity index (χ0v) is 15.1. The lowest BCUT2D eigenvalue weighted by Gasteiger charge is -2.25. The molecule has 0 saturated heterocycles. The quantitative estimate of drug-likeness (QED) is 0.322. The Morgan fingerprint density at radius 2 is 1.90 bits per heavy atom. The van der Waals surface area contributed by atoms with Crippen molar-refractivity contribution in [1.82, 2.24) is 4.90 Å². The third kappa shape index (κ3) is 19.4. The Morgan fingerprint density at radius 1 is 1.38 bits per heavy atom. The minimum atomic E-state index is -0.570. The van der Waals surface area contributed by atoms with E-state index < -0.39 is 5.91 Å². The fraction of sp³-hybridized carbons (Fsp3) is 0.800. The van der Waals surface area contributed by atoms with Crippen LogP contribution >= 0.6 is 11.6 Å². The second-order valence-electron chi connectivity index (χ2n) is 6.44. The molecule has 0 fully saturated rings. The number of nitrogens with one attached hydrogen (secondary N) is 1. The highest BCUT2D eigenvalue weighted by Gasteiger charge is 2.13. The first-order valence-corrected chi connectivity index (χ1v) is 7.65. The standard InChI is InChI=1S/C9H18N2O.C6H15ClNO/c1-8(9(10)12)6-4-5-7-11(2)3;1-8(2,3)5-6(9)4-7/h6H,4-5,7H2,1-3H3,(H2,10,12);6,9H,4-5H2,1-3H3/q;+1/p-1.